The van der Waals surface area contributed by atoms with Crippen LogP contribution in [0.2, 0.25) is 0 Å². The van der Waals surface area contributed by atoms with E-state index in [1.54, 1.807) is 0 Å². The summed E-state index contributed by atoms with van der Waals surface area (Å²) in [7, 11) is 0. The highest BCUT2D eigenvalue weighted by Gasteiger charge is 2.28. The van der Waals surface area contributed by atoms with Crippen LogP contribution >= 0.6 is 11.8 Å². The van der Waals surface area contributed by atoms with E-state index in [9.17, 15) is 22.8 Å². The van der Waals surface area contributed by atoms with Gasteiger partial charge in [-0.3, -0.25) is 14.2 Å². The highest BCUT2D eigenvalue weighted by molar-refractivity contribution is 7.99. The summed E-state index contributed by atoms with van der Waals surface area (Å²) < 4.78 is 41.3. The smallest absolute Gasteiger partial charge is 0.254 e. The van der Waals surface area contributed by atoms with Crippen LogP contribution in [0.25, 0.3) is 0 Å². The van der Waals surface area contributed by atoms with Gasteiger partial charge in [-0.25, -0.2) is 18.2 Å². The van der Waals surface area contributed by atoms with E-state index in [0.29, 0.717) is 16.6 Å². The summed E-state index contributed by atoms with van der Waals surface area (Å²) in [6, 6.07) is 2.69. The number of amides is 1. The van der Waals surface area contributed by atoms with Crippen LogP contribution in [0.3, 0.4) is 0 Å². The van der Waals surface area contributed by atoms with Crippen LogP contribution < -0.4 is 10.9 Å². The quantitative estimate of drug-likeness (QED) is 0.649. The topological polar surface area (TPSA) is 64.0 Å². The zero-order valence-corrected chi connectivity index (χ0v) is 14.9. The number of hydrogen-bond acceptors (Lipinski definition) is 4. The Hall–Kier alpha value is -2.29. The molecular weight excluding hydrogens is 367 g/mol. The van der Waals surface area contributed by atoms with Crippen molar-refractivity contribution >= 4 is 23.4 Å². The molecule has 0 radical (unpaired) electrons. The Balaban J connectivity index is 1.77. The van der Waals surface area contributed by atoms with Gasteiger partial charge in [-0.05, 0) is 18.1 Å². The highest BCUT2D eigenvalue weighted by atomic mass is 32.2. The summed E-state index contributed by atoms with van der Waals surface area (Å²) in [5.41, 5.74) is -0.0105. The first kappa shape index (κ1) is 18.5. The number of halogens is 3. The fourth-order valence-electron chi connectivity index (χ4n) is 2.65. The van der Waals surface area contributed by atoms with Gasteiger partial charge in [-0.2, -0.15) is 0 Å². The summed E-state index contributed by atoms with van der Waals surface area (Å²) in [4.78, 5) is 29.0. The van der Waals surface area contributed by atoms with Crippen LogP contribution in [0.4, 0.5) is 18.9 Å². The Morgan fingerprint density at radius 2 is 2.08 bits per heavy atom. The van der Waals surface area contributed by atoms with Crippen LogP contribution in [0, 0.1) is 17.5 Å². The minimum atomic E-state index is -1.65. The molecule has 1 aliphatic heterocycles. The van der Waals surface area contributed by atoms with E-state index in [4.69, 9.17) is 0 Å². The molecule has 0 unspecified atom stereocenters. The van der Waals surface area contributed by atoms with Crippen molar-refractivity contribution in [3.05, 3.63) is 51.7 Å². The number of fused-ring (bicyclic) bond motifs is 1. The zero-order valence-electron chi connectivity index (χ0n) is 14.1. The van der Waals surface area contributed by atoms with Crippen LogP contribution in [-0.2, 0) is 4.79 Å². The molecule has 0 spiro atoms. The predicted octanol–water partition coefficient (Wildman–Crippen LogP) is 3.46. The fraction of sp³-hybridized carbons (Fsp3) is 0.353. The number of carbonyl (C=O) groups is 1. The summed E-state index contributed by atoms with van der Waals surface area (Å²) in [6.45, 7) is 3.86. The van der Waals surface area contributed by atoms with E-state index >= 15 is 0 Å². The van der Waals surface area contributed by atoms with Crippen LogP contribution in [0.1, 0.15) is 37.9 Å². The van der Waals surface area contributed by atoms with Gasteiger partial charge in [0.1, 0.15) is 0 Å². The van der Waals surface area contributed by atoms with E-state index in [2.05, 4.69) is 10.3 Å². The lowest BCUT2D eigenvalue weighted by Gasteiger charge is -2.14. The van der Waals surface area contributed by atoms with Crippen molar-refractivity contribution in [3.63, 3.8) is 0 Å². The van der Waals surface area contributed by atoms with Crippen molar-refractivity contribution in [1.29, 1.82) is 0 Å². The molecule has 1 aliphatic rings. The third-order valence-corrected chi connectivity index (χ3v) is 5.13. The van der Waals surface area contributed by atoms with Gasteiger partial charge in [0.25, 0.3) is 5.56 Å². The van der Waals surface area contributed by atoms with Crippen molar-refractivity contribution in [2.24, 2.45) is 0 Å². The summed E-state index contributed by atoms with van der Waals surface area (Å²) in [5, 5.41) is 2.76. The number of carbonyl (C=O) groups excluding carboxylic acids is 1. The third kappa shape index (κ3) is 3.48. The molecule has 0 aliphatic carbocycles. The van der Waals surface area contributed by atoms with E-state index in [1.165, 1.54) is 22.4 Å². The average Bonchev–Trinajstić information content (AvgIpc) is 2.98. The lowest BCUT2D eigenvalue weighted by Crippen LogP contribution is -2.28. The molecule has 138 valence electrons. The molecular formula is C17H16F3N3O2S. The van der Waals surface area contributed by atoms with Gasteiger partial charge in [0.2, 0.25) is 5.91 Å². The Labute approximate surface area is 151 Å². The molecule has 0 saturated heterocycles. The Morgan fingerprint density at radius 1 is 1.35 bits per heavy atom. The van der Waals surface area contributed by atoms with E-state index in [-0.39, 0.29) is 17.9 Å². The van der Waals surface area contributed by atoms with Crippen molar-refractivity contribution in [3.8, 4) is 0 Å². The summed E-state index contributed by atoms with van der Waals surface area (Å²) in [5.74, 6) is -4.47. The van der Waals surface area contributed by atoms with Gasteiger partial charge in [0, 0.05) is 18.2 Å². The molecule has 5 nitrogen and oxygen atoms in total. The number of rotatable bonds is 4. The zero-order chi connectivity index (χ0) is 19.0. The molecule has 1 aromatic carbocycles. The number of benzene rings is 1. The first-order chi connectivity index (χ1) is 12.3. The Morgan fingerprint density at radius 3 is 2.77 bits per heavy atom. The Bertz CT molecular complexity index is 930. The maximum Gasteiger partial charge on any atom is 0.254 e. The molecule has 3 rings (SSSR count). The number of aromatic nitrogens is 2. The standard InChI is InChI=1S/C17H16F3N3O2S/c1-8(2)12-6-14(25)23-9(7-26-17(23)22-12)5-13(24)21-11-4-3-10(18)15(19)16(11)20/h3-4,6,8-9H,5,7H2,1-2H3,(H,21,24)/t9-/m0/s1. The maximum atomic E-state index is 13.7. The second-order valence-corrected chi connectivity index (χ2v) is 7.25. The molecule has 1 N–H and O–H groups in total. The minimum absolute atomic E-state index is 0.105. The molecule has 2 aromatic rings. The normalized spacial score (nSPS) is 16.0. The SMILES string of the molecule is CC(C)c1cc(=O)n2c(n1)SC[C@@H]2CC(=O)Nc1ccc(F)c(F)c1F. The molecule has 1 aromatic heterocycles. The fourth-order valence-corrected chi connectivity index (χ4v) is 3.81. The molecule has 1 atom stereocenters. The largest absolute Gasteiger partial charge is 0.323 e. The third-order valence-electron chi connectivity index (χ3n) is 4.03. The van der Waals surface area contributed by atoms with Gasteiger partial charge in [0.05, 0.1) is 17.4 Å². The maximum absolute atomic E-state index is 13.7. The monoisotopic (exact) mass is 383 g/mol. The number of anilines is 1. The molecule has 0 bridgehead atoms. The summed E-state index contributed by atoms with van der Waals surface area (Å²) in [6.07, 6.45) is -0.110. The van der Waals surface area contributed by atoms with Gasteiger partial charge in [0.15, 0.2) is 22.6 Å². The predicted molar refractivity (Wildman–Crippen MR) is 91.9 cm³/mol. The van der Waals surface area contributed by atoms with Crippen LogP contribution in [0.5, 0.6) is 0 Å². The van der Waals surface area contributed by atoms with Crippen LogP contribution in [-0.4, -0.2) is 21.2 Å². The summed E-state index contributed by atoms with van der Waals surface area (Å²) >= 11 is 1.37. The van der Waals surface area contributed by atoms with Gasteiger partial charge < -0.3 is 5.32 Å². The number of nitrogens with one attached hydrogen (secondary N) is 1. The first-order valence-corrected chi connectivity index (χ1v) is 8.96. The van der Waals surface area contributed by atoms with Crippen molar-refractivity contribution in [1.82, 2.24) is 9.55 Å². The molecule has 0 fully saturated rings. The van der Waals surface area contributed by atoms with Crippen LogP contribution in [0.15, 0.2) is 28.2 Å². The highest BCUT2D eigenvalue weighted by Crippen LogP contribution is 2.33. The molecule has 1 amide bonds. The van der Waals surface area contributed by atoms with E-state index in [1.807, 2.05) is 13.8 Å². The number of nitrogens with zero attached hydrogens (tertiary/aromatic N) is 2. The molecule has 0 saturated carbocycles. The number of hydrogen-bond donors (Lipinski definition) is 1. The van der Waals surface area contributed by atoms with Gasteiger partial charge >= 0.3 is 0 Å². The Kier molecular flexibility index (Phi) is 5.08. The first-order valence-electron chi connectivity index (χ1n) is 7.97. The average molecular weight is 383 g/mol. The molecule has 2 heterocycles. The van der Waals surface area contributed by atoms with Crippen molar-refractivity contribution in [2.45, 2.75) is 37.4 Å². The molecule has 9 heteroatoms. The number of thioether (sulfide) groups is 1. The van der Waals surface area contributed by atoms with E-state index < -0.39 is 35.1 Å². The van der Waals surface area contributed by atoms with E-state index in [0.717, 1.165) is 12.1 Å². The second-order valence-electron chi connectivity index (χ2n) is 6.27. The minimum Gasteiger partial charge on any atom is -0.323 e. The van der Waals surface area contributed by atoms with Gasteiger partial charge in [-0.1, -0.05) is 25.6 Å². The second kappa shape index (κ2) is 7.14. The lowest BCUT2D eigenvalue weighted by molar-refractivity contribution is -0.116. The van der Waals surface area contributed by atoms with Crippen molar-refractivity contribution < 1.29 is 18.0 Å². The van der Waals surface area contributed by atoms with Gasteiger partial charge in [-0.15, -0.1) is 0 Å². The van der Waals surface area contributed by atoms with Crippen molar-refractivity contribution in [2.75, 3.05) is 11.1 Å². The molecule has 26 heavy (non-hydrogen) atoms. The lowest BCUT2D eigenvalue weighted by atomic mass is 10.1.